The number of thioether (sulfide) groups is 1. The van der Waals surface area contributed by atoms with Crippen LogP contribution in [-0.4, -0.2) is 25.6 Å². The number of benzene rings is 2. The van der Waals surface area contributed by atoms with E-state index in [1.54, 1.807) is 10.6 Å². The average Bonchev–Trinajstić information content (AvgIpc) is 3.19. The molecule has 1 N–H and O–H groups in total. The second kappa shape index (κ2) is 9.40. The molecule has 0 fully saturated rings. The first-order valence-corrected chi connectivity index (χ1v) is 11.5. The second-order valence-electron chi connectivity index (χ2n) is 6.77. The van der Waals surface area contributed by atoms with Crippen LogP contribution >= 0.6 is 23.3 Å². The molecule has 0 radical (unpaired) electrons. The van der Waals surface area contributed by atoms with Crippen LogP contribution in [0.4, 0.5) is 10.1 Å². The van der Waals surface area contributed by atoms with Crippen LogP contribution in [0.2, 0.25) is 0 Å². The molecular weight excluding hydrogens is 435 g/mol. The maximum Gasteiger partial charge on any atom is 0.273 e. The first-order chi connectivity index (χ1) is 15.1. The first-order valence-electron chi connectivity index (χ1n) is 9.70. The summed E-state index contributed by atoms with van der Waals surface area (Å²) < 4.78 is 19.9. The minimum atomic E-state index is -0.423. The standard InChI is InChI=1S/C22H19FN4O2S2/c1-2-11-27-21(29)20-19(18(26-31-20)14-7-4-3-5-8-14)25-22(27)30-13-17(28)24-16-10-6-9-15(23)12-16/h3-10,12H,2,11,13H2,1H3,(H,24,28). The van der Waals surface area contributed by atoms with Gasteiger partial charge in [0.2, 0.25) is 5.91 Å². The van der Waals surface area contributed by atoms with Crippen molar-refractivity contribution in [2.75, 3.05) is 11.1 Å². The van der Waals surface area contributed by atoms with Crippen LogP contribution in [0.25, 0.3) is 21.5 Å². The summed E-state index contributed by atoms with van der Waals surface area (Å²) in [6.45, 7) is 2.47. The smallest absolute Gasteiger partial charge is 0.273 e. The zero-order valence-corrected chi connectivity index (χ0v) is 18.3. The van der Waals surface area contributed by atoms with Crippen molar-refractivity contribution in [1.29, 1.82) is 0 Å². The van der Waals surface area contributed by atoms with Gasteiger partial charge in [-0.25, -0.2) is 9.37 Å². The van der Waals surface area contributed by atoms with Gasteiger partial charge in [0.05, 0.1) is 5.75 Å². The summed E-state index contributed by atoms with van der Waals surface area (Å²) in [7, 11) is 0. The molecule has 9 heteroatoms. The van der Waals surface area contributed by atoms with Crippen molar-refractivity contribution >= 4 is 45.1 Å². The molecule has 1 amide bonds. The van der Waals surface area contributed by atoms with E-state index in [0.717, 1.165) is 23.5 Å². The van der Waals surface area contributed by atoms with Crippen molar-refractivity contribution in [3.05, 3.63) is 70.8 Å². The van der Waals surface area contributed by atoms with Crippen LogP contribution in [0.5, 0.6) is 0 Å². The number of rotatable bonds is 7. The van der Waals surface area contributed by atoms with Gasteiger partial charge in [0, 0.05) is 17.8 Å². The number of nitrogens with zero attached hydrogens (tertiary/aromatic N) is 3. The number of aromatic nitrogens is 3. The minimum absolute atomic E-state index is 0.0381. The van der Waals surface area contributed by atoms with Crippen LogP contribution in [-0.2, 0) is 11.3 Å². The lowest BCUT2D eigenvalue weighted by Crippen LogP contribution is -2.23. The van der Waals surface area contributed by atoms with Crippen LogP contribution in [0.15, 0.2) is 64.5 Å². The van der Waals surface area contributed by atoms with E-state index in [-0.39, 0.29) is 17.2 Å². The fraction of sp³-hybridized carbons (Fsp3) is 0.182. The molecule has 4 rings (SSSR count). The molecule has 0 atom stereocenters. The molecule has 0 aliphatic rings. The molecule has 0 bridgehead atoms. The molecule has 0 spiro atoms. The molecular formula is C22H19FN4O2S2. The molecule has 2 heterocycles. The zero-order valence-electron chi connectivity index (χ0n) is 16.7. The van der Waals surface area contributed by atoms with Crippen LogP contribution in [0.3, 0.4) is 0 Å². The van der Waals surface area contributed by atoms with E-state index in [1.807, 2.05) is 37.3 Å². The van der Waals surface area contributed by atoms with E-state index in [9.17, 15) is 14.0 Å². The summed E-state index contributed by atoms with van der Waals surface area (Å²) in [6.07, 6.45) is 0.750. The van der Waals surface area contributed by atoms with E-state index in [0.29, 0.717) is 33.3 Å². The maximum atomic E-state index is 13.3. The van der Waals surface area contributed by atoms with E-state index >= 15 is 0 Å². The Balaban J connectivity index is 1.64. The van der Waals surface area contributed by atoms with Gasteiger partial charge in [0.1, 0.15) is 21.7 Å². The zero-order chi connectivity index (χ0) is 21.8. The van der Waals surface area contributed by atoms with Crippen LogP contribution in [0, 0.1) is 5.82 Å². The van der Waals surface area contributed by atoms with E-state index in [2.05, 4.69) is 9.69 Å². The largest absolute Gasteiger partial charge is 0.325 e. The number of carbonyl (C=O) groups excluding carboxylic acids is 1. The van der Waals surface area contributed by atoms with Gasteiger partial charge >= 0.3 is 0 Å². The third kappa shape index (κ3) is 4.67. The van der Waals surface area contributed by atoms with Gasteiger partial charge in [0.25, 0.3) is 5.56 Å². The normalized spacial score (nSPS) is 11.0. The van der Waals surface area contributed by atoms with Gasteiger partial charge in [-0.1, -0.05) is 55.1 Å². The van der Waals surface area contributed by atoms with Gasteiger partial charge in [-0.2, -0.15) is 4.37 Å². The van der Waals surface area contributed by atoms with Gasteiger partial charge in [0.15, 0.2) is 5.16 Å². The average molecular weight is 455 g/mol. The fourth-order valence-electron chi connectivity index (χ4n) is 3.10. The molecule has 0 aliphatic heterocycles. The fourth-order valence-corrected chi connectivity index (χ4v) is 4.71. The molecule has 4 aromatic rings. The lowest BCUT2D eigenvalue weighted by atomic mass is 10.1. The minimum Gasteiger partial charge on any atom is -0.325 e. The van der Waals surface area contributed by atoms with Crippen molar-refractivity contribution in [2.45, 2.75) is 25.0 Å². The monoisotopic (exact) mass is 454 g/mol. The van der Waals surface area contributed by atoms with Crippen molar-refractivity contribution in [3.8, 4) is 11.3 Å². The number of hydrogen-bond acceptors (Lipinski definition) is 6. The van der Waals surface area contributed by atoms with Crippen molar-refractivity contribution < 1.29 is 9.18 Å². The molecule has 0 saturated heterocycles. The quantitative estimate of drug-likeness (QED) is 0.321. The summed E-state index contributed by atoms with van der Waals surface area (Å²) in [5, 5.41) is 3.13. The van der Waals surface area contributed by atoms with E-state index < -0.39 is 5.82 Å². The van der Waals surface area contributed by atoms with Gasteiger partial charge in [-0.15, -0.1) is 0 Å². The Morgan fingerprint density at radius 2 is 2.00 bits per heavy atom. The van der Waals surface area contributed by atoms with Gasteiger partial charge in [-0.3, -0.25) is 14.2 Å². The number of nitrogens with one attached hydrogen (secondary N) is 1. The third-order valence-corrected chi connectivity index (χ3v) is 6.28. The van der Waals surface area contributed by atoms with Crippen molar-refractivity contribution in [3.63, 3.8) is 0 Å². The van der Waals surface area contributed by atoms with Crippen molar-refractivity contribution in [1.82, 2.24) is 13.9 Å². The highest BCUT2D eigenvalue weighted by Crippen LogP contribution is 2.29. The summed E-state index contributed by atoms with van der Waals surface area (Å²) in [5.74, 6) is -0.691. The molecule has 0 unspecified atom stereocenters. The predicted molar refractivity (Wildman–Crippen MR) is 123 cm³/mol. The van der Waals surface area contributed by atoms with Gasteiger partial charge in [-0.05, 0) is 36.2 Å². The highest BCUT2D eigenvalue weighted by Gasteiger charge is 2.19. The molecule has 0 saturated carbocycles. The summed E-state index contributed by atoms with van der Waals surface area (Å²) in [5.41, 5.74) is 2.32. The number of carbonyl (C=O) groups is 1. The van der Waals surface area contributed by atoms with Gasteiger partial charge < -0.3 is 5.32 Å². The molecule has 0 aliphatic carbocycles. The van der Waals surface area contributed by atoms with E-state index in [1.165, 1.54) is 30.0 Å². The molecule has 158 valence electrons. The molecule has 2 aromatic carbocycles. The highest BCUT2D eigenvalue weighted by molar-refractivity contribution is 7.99. The lowest BCUT2D eigenvalue weighted by Gasteiger charge is -2.11. The number of fused-ring (bicyclic) bond motifs is 1. The van der Waals surface area contributed by atoms with E-state index in [4.69, 9.17) is 4.98 Å². The number of hydrogen-bond donors (Lipinski definition) is 1. The maximum absolute atomic E-state index is 13.3. The second-order valence-corrected chi connectivity index (χ2v) is 8.49. The molecule has 6 nitrogen and oxygen atoms in total. The van der Waals surface area contributed by atoms with Crippen LogP contribution in [0.1, 0.15) is 13.3 Å². The Bertz CT molecular complexity index is 1290. The number of anilines is 1. The number of halogens is 1. The summed E-state index contributed by atoms with van der Waals surface area (Å²) in [4.78, 5) is 30.2. The highest BCUT2D eigenvalue weighted by atomic mass is 32.2. The Hall–Kier alpha value is -3.04. The lowest BCUT2D eigenvalue weighted by molar-refractivity contribution is -0.113. The molecule has 31 heavy (non-hydrogen) atoms. The SMILES string of the molecule is CCCn1c(SCC(=O)Nc2cccc(F)c2)nc2c(-c3ccccc3)nsc2c1=O. The summed E-state index contributed by atoms with van der Waals surface area (Å²) >= 11 is 2.32. The number of amides is 1. The molecule has 2 aromatic heterocycles. The first kappa shape index (κ1) is 21.2. The Kier molecular flexibility index (Phi) is 6.43. The summed E-state index contributed by atoms with van der Waals surface area (Å²) in [6, 6.07) is 15.3. The topological polar surface area (TPSA) is 76.9 Å². The Labute approximate surface area is 186 Å². The Morgan fingerprint density at radius 1 is 1.19 bits per heavy atom. The predicted octanol–water partition coefficient (Wildman–Crippen LogP) is 4.80. The van der Waals surface area contributed by atoms with Crippen molar-refractivity contribution in [2.24, 2.45) is 0 Å². The Morgan fingerprint density at radius 3 is 2.74 bits per heavy atom. The third-order valence-electron chi connectivity index (χ3n) is 4.48. The van der Waals surface area contributed by atoms with Crippen LogP contribution < -0.4 is 10.9 Å².